The molecular weight excluding hydrogens is 306 g/mol. The number of hydrogen-bond donors (Lipinski definition) is 0. The molecule has 0 spiro atoms. The van der Waals surface area contributed by atoms with Crippen molar-refractivity contribution in [3.8, 4) is 0 Å². The molecule has 2 bridgehead atoms. The van der Waals surface area contributed by atoms with Gasteiger partial charge in [-0.3, -0.25) is 4.90 Å². The SMILES string of the molecule is Cc1cn2nc(N3C[C@@H]4C[C@H]3CN4Cc3ccccc3)sc2n1. The highest BCUT2D eigenvalue weighted by Crippen LogP contribution is 2.37. The lowest BCUT2D eigenvalue weighted by atomic mass is 10.2. The van der Waals surface area contributed by atoms with Gasteiger partial charge in [-0.1, -0.05) is 41.7 Å². The molecule has 3 aromatic rings. The largest absolute Gasteiger partial charge is 0.341 e. The van der Waals surface area contributed by atoms with Gasteiger partial charge in [-0.15, -0.1) is 5.10 Å². The van der Waals surface area contributed by atoms with Crippen LogP contribution in [-0.2, 0) is 6.54 Å². The minimum atomic E-state index is 0.598. The lowest BCUT2D eigenvalue weighted by molar-refractivity contribution is 0.230. The maximum Gasteiger partial charge on any atom is 0.214 e. The normalized spacial score (nSPS) is 24.1. The quantitative estimate of drug-likeness (QED) is 0.742. The van der Waals surface area contributed by atoms with E-state index in [-0.39, 0.29) is 0 Å². The van der Waals surface area contributed by atoms with E-state index < -0.39 is 0 Å². The lowest BCUT2D eigenvalue weighted by Gasteiger charge is -2.33. The van der Waals surface area contributed by atoms with E-state index in [4.69, 9.17) is 5.10 Å². The third-order valence-corrected chi connectivity index (χ3v) is 5.94. The van der Waals surface area contributed by atoms with Gasteiger partial charge in [0.1, 0.15) is 0 Å². The van der Waals surface area contributed by atoms with Gasteiger partial charge in [-0.05, 0) is 18.9 Å². The van der Waals surface area contributed by atoms with Crippen molar-refractivity contribution >= 4 is 21.4 Å². The summed E-state index contributed by atoms with van der Waals surface area (Å²) in [6, 6.07) is 12.0. The highest BCUT2D eigenvalue weighted by atomic mass is 32.1. The Morgan fingerprint density at radius 2 is 2.04 bits per heavy atom. The number of hydrogen-bond acceptors (Lipinski definition) is 5. The van der Waals surface area contributed by atoms with Crippen molar-refractivity contribution in [2.75, 3.05) is 18.0 Å². The van der Waals surface area contributed by atoms with Crippen molar-refractivity contribution in [1.82, 2.24) is 19.5 Å². The maximum atomic E-state index is 4.72. The van der Waals surface area contributed by atoms with Crippen molar-refractivity contribution in [2.24, 2.45) is 0 Å². The molecule has 5 rings (SSSR count). The fourth-order valence-electron chi connectivity index (χ4n) is 3.91. The number of benzene rings is 1. The van der Waals surface area contributed by atoms with Crippen molar-refractivity contribution in [1.29, 1.82) is 0 Å². The van der Waals surface area contributed by atoms with Crippen LogP contribution in [0.5, 0.6) is 0 Å². The lowest BCUT2D eigenvalue weighted by Crippen LogP contribution is -2.46. The number of aryl methyl sites for hydroxylation is 1. The second-order valence-corrected chi connectivity index (χ2v) is 7.54. The molecule has 1 aromatic carbocycles. The van der Waals surface area contributed by atoms with Crippen molar-refractivity contribution in [3.63, 3.8) is 0 Å². The second kappa shape index (κ2) is 5.04. The molecule has 0 unspecified atom stereocenters. The number of nitrogens with zero attached hydrogens (tertiary/aromatic N) is 5. The van der Waals surface area contributed by atoms with E-state index >= 15 is 0 Å². The molecule has 2 saturated heterocycles. The monoisotopic (exact) mass is 325 g/mol. The third-order valence-electron chi connectivity index (χ3n) is 4.98. The van der Waals surface area contributed by atoms with Gasteiger partial charge < -0.3 is 4.90 Å². The molecule has 118 valence electrons. The van der Waals surface area contributed by atoms with Crippen molar-refractivity contribution in [3.05, 3.63) is 47.8 Å². The van der Waals surface area contributed by atoms with Crippen LogP contribution in [0.25, 0.3) is 4.96 Å². The van der Waals surface area contributed by atoms with Crippen LogP contribution in [0.4, 0.5) is 5.13 Å². The highest BCUT2D eigenvalue weighted by molar-refractivity contribution is 7.20. The Morgan fingerprint density at radius 1 is 1.17 bits per heavy atom. The van der Waals surface area contributed by atoms with Gasteiger partial charge in [-0.2, -0.15) is 0 Å². The van der Waals surface area contributed by atoms with E-state index in [9.17, 15) is 0 Å². The fourth-order valence-corrected chi connectivity index (χ4v) is 4.92. The summed E-state index contributed by atoms with van der Waals surface area (Å²) in [7, 11) is 0. The topological polar surface area (TPSA) is 36.7 Å². The molecule has 23 heavy (non-hydrogen) atoms. The zero-order valence-corrected chi connectivity index (χ0v) is 13.9. The molecule has 0 N–H and O–H groups in total. The van der Waals surface area contributed by atoms with Gasteiger partial charge in [0, 0.05) is 31.7 Å². The first-order valence-corrected chi connectivity index (χ1v) is 8.95. The summed E-state index contributed by atoms with van der Waals surface area (Å²) in [6.07, 6.45) is 3.26. The zero-order valence-electron chi connectivity index (χ0n) is 13.1. The predicted octanol–water partition coefficient (Wildman–Crippen LogP) is 2.56. The molecule has 0 saturated carbocycles. The number of anilines is 1. The Bertz CT molecular complexity index is 808. The number of rotatable bonds is 3. The van der Waals surface area contributed by atoms with E-state index in [1.807, 2.05) is 17.6 Å². The molecular formula is C17H19N5S. The Balaban J connectivity index is 1.32. The molecule has 0 aliphatic carbocycles. The number of likely N-dealkylation sites (tertiary alicyclic amines) is 1. The summed E-state index contributed by atoms with van der Waals surface area (Å²) in [5.74, 6) is 0. The number of piperazine rings is 1. The van der Waals surface area contributed by atoms with Crippen LogP contribution >= 0.6 is 11.3 Å². The van der Waals surface area contributed by atoms with Crippen LogP contribution in [0.2, 0.25) is 0 Å². The van der Waals surface area contributed by atoms with Crippen LogP contribution < -0.4 is 4.90 Å². The Kier molecular flexibility index (Phi) is 2.96. The van der Waals surface area contributed by atoms with Crippen LogP contribution in [0.1, 0.15) is 17.7 Å². The first-order valence-electron chi connectivity index (χ1n) is 8.14. The van der Waals surface area contributed by atoms with Gasteiger partial charge >= 0.3 is 0 Å². The summed E-state index contributed by atoms with van der Waals surface area (Å²) < 4.78 is 1.92. The van der Waals surface area contributed by atoms with E-state index in [0.29, 0.717) is 12.1 Å². The molecule has 2 aromatic heterocycles. The summed E-state index contributed by atoms with van der Waals surface area (Å²) >= 11 is 1.71. The fraction of sp³-hybridized carbons (Fsp3) is 0.412. The van der Waals surface area contributed by atoms with Crippen molar-refractivity contribution < 1.29 is 0 Å². The smallest absolute Gasteiger partial charge is 0.214 e. The number of fused-ring (bicyclic) bond motifs is 3. The number of aromatic nitrogens is 3. The molecule has 6 heteroatoms. The molecule has 5 nitrogen and oxygen atoms in total. The molecule has 2 fully saturated rings. The van der Waals surface area contributed by atoms with E-state index in [1.54, 1.807) is 11.3 Å². The zero-order chi connectivity index (χ0) is 15.4. The third kappa shape index (κ3) is 2.24. The van der Waals surface area contributed by atoms with E-state index in [2.05, 4.69) is 45.1 Å². The summed E-state index contributed by atoms with van der Waals surface area (Å²) in [5.41, 5.74) is 2.45. The minimum absolute atomic E-state index is 0.598. The molecule has 2 atom stereocenters. The standard InChI is InChI=1S/C17H19N5S/c1-12-8-22-16(18-12)23-17(19-22)21-11-14-7-15(21)10-20(14)9-13-5-3-2-4-6-13/h2-6,8,14-15H,7,9-11H2,1H3/t14-,15-/m0/s1. The predicted molar refractivity (Wildman–Crippen MR) is 92.0 cm³/mol. The number of imidazole rings is 1. The van der Waals surface area contributed by atoms with Crippen LogP contribution in [0.3, 0.4) is 0 Å². The molecule has 0 radical (unpaired) electrons. The van der Waals surface area contributed by atoms with E-state index in [0.717, 1.165) is 35.4 Å². The van der Waals surface area contributed by atoms with Gasteiger partial charge in [0.15, 0.2) is 0 Å². The molecule has 4 heterocycles. The maximum absolute atomic E-state index is 4.72. The van der Waals surface area contributed by atoms with Crippen LogP contribution in [0, 0.1) is 6.92 Å². The second-order valence-electron chi connectivity index (χ2n) is 6.60. The highest BCUT2D eigenvalue weighted by Gasteiger charge is 2.44. The minimum Gasteiger partial charge on any atom is -0.341 e. The van der Waals surface area contributed by atoms with Gasteiger partial charge in [-0.25, -0.2) is 9.50 Å². The van der Waals surface area contributed by atoms with Gasteiger partial charge in [0.2, 0.25) is 10.1 Å². The van der Waals surface area contributed by atoms with Crippen LogP contribution in [0.15, 0.2) is 36.5 Å². The summed E-state index contributed by atoms with van der Waals surface area (Å²) in [4.78, 5) is 10.6. The van der Waals surface area contributed by atoms with Crippen LogP contribution in [-0.4, -0.2) is 44.7 Å². The molecule has 2 aliphatic rings. The summed E-state index contributed by atoms with van der Waals surface area (Å²) in [6.45, 7) is 5.31. The Hall–Kier alpha value is -1.92. The Labute approximate surface area is 139 Å². The molecule has 2 aliphatic heterocycles. The molecule has 0 amide bonds. The average molecular weight is 325 g/mol. The Morgan fingerprint density at radius 3 is 2.78 bits per heavy atom. The first kappa shape index (κ1) is 13.5. The van der Waals surface area contributed by atoms with E-state index in [1.165, 1.54) is 12.0 Å². The summed E-state index contributed by atoms with van der Waals surface area (Å²) in [5, 5.41) is 5.85. The van der Waals surface area contributed by atoms with Gasteiger partial charge in [0.05, 0.1) is 11.9 Å². The van der Waals surface area contributed by atoms with Crippen molar-refractivity contribution in [2.45, 2.75) is 32.0 Å². The van der Waals surface area contributed by atoms with Gasteiger partial charge in [0.25, 0.3) is 0 Å². The average Bonchev–Trinajstić information content (AvgIpc) is 3.26. The first-order chi connectivity index (χ1) is 11.3.